The van der Waals surface area contributed by atoms with Crippen molar-refractivity contribution >= 4 is 46.2 Å². The van der Waals surface area contributed by atoms with E-state index in [2.05, 4.69) is 22.6 Å². The minimum atomic E-state index is -0.227. The van der Waals surface area contributed by atoms with E-state index >= 15 is 0 Å². The third-order valence-corrected chi connectivity index (χ3v) is 4.83. The lowest BCUT2D eigenvalue weighted by atomic mass is 10.1. The van der Waals surface area contributed by atoms with Gasteiger partial charge in [0.25, 0.3) is 11.8 Å². The Balaban J connectivity index is 1.92. The van der Waals surface area contributed by atoms with Crippen LogP contribution in [0.4, 0.5) is 0 Å². The van der Waals surface area contributed by atoms with E-state index in [4.69, 9.17) is 0 Å². The molecule has 0 unspecified atom stereocenters. The summed E-state index contributed by atoms with van der Waals surface area (Å²) in [4.78, 5) is 27.0. The number of hydrogen-bond donors (Lipinski definition) is 0. The molecule has 5 heteroatoms. The molecule has 1 aliphatic heterocycles. The molecule has 2 aromatic rings. The van der Waals surface area contributed by atoms with Crippen molar-refractivity contribution in [2.45, 2.75) is 9.79 Å². The summed E-state index contributed by atoms with van der Waals surface area (Å²) in [5, 5.41) is 0. The second-order valence-corrected chi connectivity index (χ2v) is 6.83. The SMILES string of the molecule is CN1C(=O)c2ccc(Sc3ccc(I)cc3)cc2C1=O. The maximum absolute atomic E-state index is 12.0. The minimum Gasteiger partial charge on any atom is -0.277 e. The molecule has 0 spiro atoms. The Kier molecular flexibility index (Phi) is 3.55. The zero-order valence-electron chi connectivity index (χ0n) is 10.6. The Morgan fingerprint density at radius 3 is 2.20 bits per heavy atom. The molecule has 3 nitrogen and oxygen atoms in total. The van der Waals surface area contributed by atoms with Crippen LogP contribution in [-0.2, 0) is 0 Å². The molecule has 0 aromatic heterocycles. The molecule has 0 N–H and O–H groups in total. The summed E-state index contributed by atoms with van der Waals surface area (Å²) < 4.78 is 1.18. The first kappa shape index (κ1) is 13.6. The van der Waals surface area contributed by atoms with Crippen molar-refractivity contribution in [1.29, 1.82) is 0 Å². The quantitative estimate of drug-likeness (QED) is 0.575. The Labute approximate surface area is 134 Å². The van der Waals surface area contributed by atoms with Crippen molar-refractivity contribution in [1.82, 2.24) is 4.90 Å². The van der Waals surface area contributed by atoms with Crippen LogP contribution in [0.5, 0.6) is 0 Å². The molecule has 2 amide bonds. The molecule has 1 heterocycles. The summed E-state index contributed by atoms with van der Waals surface area (Å²) in [5.41, 5.74) is 0.984. The fraction of sp³-hybridized carbons (Fsp3) is 0.0667. The van der Waals surface area contributed by atoms with Crippen molar-refractivity contribution in [2.75, 3.05) is 7.05 Å². The molecule has 0 atom stereocenters. The number of fused-ring (bicyclic) bond motifs is 1. The van der Waals surface area contributed by atoms with Crippen LogP contribution in [0.15, 0.2) is 52.3 Å². The number of nitrogens with zero attached hydrogens (tertiary/aromatic N) is 1. The number of amides is 2. The van der Waals surface area contributed by atoms with E-state index in [-0.39, 0.29) is 11.8 Å². The summed E-state index contributed by atoms with van der Waals surface area (Å²) in [6, 6.07) is 13.6. The number of carbonyl (C=O) groups is 2. The third-order valence-electron chi connectivity index (χ3n) is 3.11. The lowest BCUT2D eigenvalue weighted by Crippen LogP contribution is -2.24. The fourth-order valence-electron chi connectivity index (χ4n) is 2.04. The van der Waals surface area contributed by atoms with Crippen LogP contribution in [0.2, 0.25) is 0 Å². The van der Waals surface area contributed by atoms with E-state index in [0.717, 1.165) is 14.7 Å². The highest BCUT2D eigenvalue weighted by atomic mass is 127. The van der Waals surface area contributed by atoms with Crippen molar-refractivity contribution in [3.63, 3.8) is 0 Å². The van der Waals surface area contributed by atoms with Gasteiger partial charge < -0.3 is 0 Å². The van der Waals surface area contributed by atoms with Crippen LogP contribution >= 0.6 is 34.4 Å². The molecule has 3 rings (SSSR count). The van der Waals surface area contributed by atoms with E-state index in [1.54, 1.807) is 23.9 Å². The van der Waals surface area contributed by atoms with E-state index in [9.17, 15) is 9.59 Å². The molecule has 0 aliphatic carbocycles. The van der Waals surface area contributed by atoms with Gasteiger partial charge in [0.15, 0.2) is 0 Å². The number of carbonyl (C=O) groups excluding carboxylic acids is 2. The molecule has 0 radical (unpaired) electrons. The van der Waals surface area contributed by atoms with E-state index in [0.29, 0.717) is 11.1 Å². The third kappa shape index (κ3) is 2.35. The highest BCUT2D eigenvalue weighted by molar-refractivity contribution is 14.1. The molecule has 2 aromatic carbocycles. The first-order valence-electron chi connectivity index (χ1n) is 5.96. The van der Waals surface area contributed by atoms with Gasteiger partial charge in [-0.1, -0.05) is 11.8 Å². The van der Waals surface area contributed by atoms with Crippen LogP contribution < -0.4 is 0 Å². The Hall–Kier alpha value is -1.34. The van der Waals surface area contributed by atoms with Crippen molar-refractivity contribution in [3.8, 4) is 0 Å². The molecule has 1 aliphatic rings. The maximum Gasteiger partial charge on any atom is 0.261 e. The Morgan fingerprint density at radius 1 is 0.900 bits per heavy atom. The lowest BCUT2D eigenvalue weighted by Gasteiger charge is -2.03. The van der Waals surface area contributed by atoms with Gasteiger partial charge in [-0.05, 0) is 65.1 Å². The van der Waals surface area contributed by atoms with Crippen LogP contribution in [0.1, 0.15) is 20.7 Å². The van der Waals surface area contributed by atoms with Crippen molar-refractivity contribution in [2.24, 2.45) is 0 Å². The number of hydrogen-bond acceptors (Lipinski definition) is 3. The first-order chi connectivity index (χ1) is 9.56. The average molecular weight is 395 g/mol. The summed E-state index contributed by atoms with van der Waals surface area (Å²) in [7, 11) is 1.51. The second kappa shape index (κ2) is 5.21. The van der Waals surface area contributed by atoms with Gasteiger partial charge in [0.1, 0.15) is 0 Å². The molecule has 0 bridgehead atoms. The molecule has 20 heavy (non-hydrogen) atoms. The van der Waals surface area contributed by atoms with Gasteiger partial charge in [0, 0.05) is 20.4 Å². The van der Waals surface area contributed by atoms with Gasteiger partial charge in [0.05, 0.1) is 11.1 Å². The van der Waals surface area contributed by atoms with Crippen LogP contribution in [0, 0.1) is 3.57 Å². The molecule has 0 saturated heterocycles. The second-order valence-electron chi connectivity index (χ2n) is 4.43. The highest BCUT2D eigenvalue weighted by Crippen LogP contribution is 2.32. The number of rotatable bonds is 2. The van der Waals surface area contributed by atoms with Crippen LogP contribution in [0.3, 0.4) is 0 Å². The summed E-state index contributed by atoms with van der Waals surface area (Å²) >= 11 is 3.84. The largest absolute Gasteiger partial charge is 0.277 e. The molecule has 0 saturated carbocycles. The van der Waals surface area contributed by atoms with Crippen molar-refractivity contribution in [3.05, 3.63) is 57.2 Å². The molecule has 100 valence electrons. The summed E-state index contributed by atoms with van der Waals surface area (Å²) in [6.45, 7) is 0. The summed E-state index contributed by atoms with van der Waals surface area (Å²) in [5.74, 6) is -0.453. The smallest absolute Gasteiger partial charge is 0.261 e. The van der Waals surface area contributed by atoms with Gasteiger partial charge in [0.2, 0.25) is 0 Å². The molecule has 0 fully saturated rings. The van der Waals surface area contributed by atoms with Gasteiger partial charge >= 0.3 is 0 Å². The molecular formula is C15H10INO2S. The predicted molar refractivity (Wildman–Crippen MR) is 86.1 cm³/mol. The predicted octanol–water partition coefficient (Wildman–Crippen LogP) is 3.67. The average Bonchev–Trinajstić information content (AvgIpc) is 2.66. The van der Waals surface area contributed by atoms with Gasteiger partial charge in [-0.2, -0.15) is 0 Å². The fourth-order valence-corrected chi connectivity index (χ4v) is 3.26. The minimum absolute atomic E-state index is 0.226. The first-order valence-corrected chi connectivity index (χ1v) is 7.85. The lowest BCUT2D eigenvalue weighted by molar-refractivity contribution is 0.0693. The topological polar surface area (TPSA) is 37.4 Å². The van der Waals surface area contributed by atoms with Crippen LogP contribution in [0.25, 0.3) is 0 Å². The monoisotopic (exact) mass is 395 g/mol. The highest BCUT2D eigenvalue weighted by Gasteiger charge is 2.32. The van der Waals surface area contributed by atoms with Crippen LogP contribution in [-0.4, -0.2) is 23.8 Å². The Morgan fingerprint density at radius 2 is 1.50 bits per heavy atom. The zero-order chi connectivity index (χ0) is 14.3. The number of imide groups is 1. The normalized spacial score (nSPS) is 13.8. The van der Waals surface area contributed by atoms with Gasteiger partial charge in [-0.15, -0.1) is 0 Å². The zero-order valence-corrected chi connectivity index (χ0v) is 13.6. The summed E-state index contributed by atoms with van der Waals surface area (Å²) in [6.07, 6.45) is 0. The van der Waals surface area contributed by atoms with Gasteiger partial charge in [-0.3, -0.25) is 14.5 Å². The van der Waals surface area contributed by atoms with E-state index < -0.39 is 0 Å². The van der Waals surface area contributed by atoms with Gasteiger partial charge in [-0.25, -0.2) is 0 Å². The number of halogens is 1. The maximum atomic E-state index is 12.0. The van der Waals surface area contributed by atoms with Crippen molar-refractivity contribution < 1.29 is 9.59 Å². The van der Waals surface area contributed by atoms with E-state index in [1.807, 2.05) is 30.3 Å². The van der Waals surface area contributed by atoms with E-state index in [1.165, 1.54) is 10.6 Å². The molecular weight excluding hydrogens is 385 g/mol. The Bertz CT molecular complexity index is 712. The standard InChI is InChI=1S/C15H10INO2S/c1-17-14(18)12-7-6-11(8-13(12)15(17)19)20-10-4-2-9(16)3-5-10/h2-8H,1H3. The number of benzene rings is 2.